The standard InChI is InChI=1S/C36H50FN5O8/c1-34(2,3)49-32(46)38-27-16-11-9-7-8-10-14-23-18-36(23,31(45)40-50-35(4,5)6)39-29(43)28-17-24(20-42(28)30(27)44)48-33(47)41-19-22-13-12-15-26(37)25(22)21-41/h10,12-15,23-24,27-28H,7-9,11,16-21H2,1-6H3,(H,38,46)(H,39,43)(H,40,45)/t23-,24-,27+,28+,36-/m1/s1. The molecule has 14 heteroatoms. The molecule has 0 spiro atoms. The lowest BCUT2D eigenvalue weighted by molar-refractivity contribution is -0.151. The molecule has 4 aliphatic rings. The number of rotatable bonds is 4. The van der Waals surface area contributed by atoms with Crippen LogP contribution in [0, 0.1) is 11.7 Å². The van der Waals surface area contributed by atoms with Crippen molar-refractivity contribution in [1.82, 2.24) is 25.9 Å². The predicted molar refractivity (Wildman–Crippen MR) is 179 cm³/mol. The highest BCUT2D eigenvalue weighted by Gasteiger charge is 2.61. The van der Waals surface area contributed by atoms with Gasteiger partial charge < -0.3 is 25.0 Å². The first-order valence-corrected chi connectivity index (χ1v) is 17.4. The molecule has 0 unspecified atom stereocenters. The summed E-state index contributed by atoms with van der Waals surface area (Å²) >= 11 is 0. The van der Waals surface area contributed by atoms with Crippen LogP contribution in [0.2, 0.25) is 0 Å². The van der Waals surface area contributed by atoms with Crippen molar-refractivity contribution in [3.05, 3.63) is 47.3 Å². The van der Waals surface area contributed by atoms with Crippen LogP contribution in [-0.4, -0.2) is 81.2 Å². The number of nitrogens with zero attached hydrogens (tertiary/aromatic N) is 2. The summed E-state index contributed by atoms with van der Waals surface area (Å²) in [4.78, 5) is 76.4. The van der Waals surface area contributed by atoms with Gasteiger partial charge in [-0.15, -0.1) is 0 Å². The van der Waals surface area contributed by atoms with Gasteiger partial charge in [0.25, 0.3) is 5.91 Å². The maximum Gasteiger partial charge on any atom is 0.410 e. The monoisotopic (exact) mass is 699 g/mol. The lowest BCUT2D eigenvalue weighted by Gasteiger charge is -2.30. The number of carbonyl (C=O) groups is 5. The molecule has 0 aromatic heterocycles. The van der Waals surface area contributed by atoms with E-state index >= 15 is 0 Å². The van der Waals surface area contributed by atoms with Crippen LogP contribution in [0.15, 0.2) is 30.4 Å². The Morgan fingerprint density at radius 3 is 2.48 bits per heavy atom. The molecular formula is C36H50FN5O8. The number of carbonyl (C=O) groups excluding carboxylic acids is 5. The van der Waals surface area contributed by atoms with Gasteiger partial charge in [0, 0.05) is 24.4 Å². The molecule has 5 rings (SSSR count). The van der Waals surface area contributed by atoms with Crippen LogP contribution in [0.25, 0.3) is 0 Å². The molecule has 3 aliphatic heterocycles. The van der Waals surface area contributed by atoms with Crippen molar-refractivity contribution in [2.24, 2.45) is 5.92 Å². The first-order chi connectivity index (χ1) is 23.5. The third-order valence-corrected chi connectivity index (χ3v) is 9.24. The Balaban J connectivity index is 1.39. The molecule has 5 amide bonds. The van der Waals surface area contributed by atoms with Crippen LogP contribution in [0.4, 0.5) is 14.0 Å². The zero-order valence-electron chi connectivity index (χ0n) is 29.8. The summed E-state index contributed by atoms with van der Waals surface area (Å²) in [5, 5.41) is 5.62. The molecule has 0 bridgehead atoms. The van der Waals surface area contributed by atoms with Crippen molar-refractivity contribution in [2.75, 3.05) is 6.54 Å². The average Bonchev–Trinajstić information content (AvgIpc) is 3.32. The minimum Gasteiger partial charge on any atom is -0.444 e. The minimum absolute atomic E-state index is 0.0329. The Bertz CT molecular complexity index is 1520. The third kappa shape index (κ3) is 8.93. The van der Waals surface area contributed by atoms with Crippen molar-refractivity contribution in [1.29, 1.82) is 0 Å². The second kappa shape index (κ2) is 14.6. The van der Waals surface area contributed by atoms with Gasteiger partial charge in [-0.25, -0.2) is 19.5 Å². The van der Waals surface area contributed by atoms with Crippen molar-refractivity contribution < 1.29 is 42.7 Å². The van der Waals surface area contributed by atoms with Crippen molar-refractivity contribution in [3.63, 3.8) is 0 Å². The number of hydrogen-bond acceptors (Lipinski definition) is 8. The Labute approximate surface area is 292 Å². The molecule has 1 saturated heterocycles. The highest BCUT2D eigenvalue weighted by Crippen LogP contribution is 2.45. The molecule has 0 radical (unpaired) electrons. The van der Waals surface area contributed by atoms with E-state index in [0.717, 1.165) is 19.3 Å². The largest absolute Gasteiger partial charge is 0.444 e. The van der Waals surface area contributed by atoms with E-state index < -0.39 is 70.7 Å². The zero-order chi connectivity index (χ0) is 36.4. The Hall–Kier alpha value is -4.20. The Morgan fingerprint density at radius 2 is 1.78 bits per heavy atom. The van der Waals surface area contributed by atoms with Gasteiger partial charge in [0.1, 0.15) is 35.1 Å². The van der Waals surface area contributed by atoms with Gasteiger partial charge in [-0.3, -0.25) is 24.1 Å². The van der Waals surface area contributed by atoms with Gasteiger partial charge in [-0.1, -0.05) is 37.1 Å². The number of halogens is 1. The number of fused-ring (bicyclic) bond motifs is 3. The molecule has 1 saturated carbocycles. The molecule has 13 nitrogen and oxygen atoms in total. The van der Waals surface area contributed by atoms with E-state index in [-0.39, 0.29) is 32.0 Å². The highest BCUT2D eigenvalue weighted by molar-refractivity contribution is 5.98. The third-order valence-electron chi connectivity index (χ3n) is 9.24. The second-order valence-electron chi connectivity index (χ2n) is 15.7. The van der Waals surface area contributed by atoms with Crippen molar-refractivity contribution >= 4 is 29.9 Å². The Morgan fingerprint density at radius 1 is 1.02 bits per heavy atom. The number of amides is 5. The van der Waals surface area contributed by atoms with Gasteiger partial charge in [0.05, 0.1) is 18.7 Å². The lowest BCUT2D eigenvalue weighted by atomic mass is 10.0. The van der Waals surface area contributed by atoms with Gasteiger partial charge >= 0.3 is 12.2 Å². The maximum absolute atomic E-state index is 14.4. The fourth-order valence-electron chi connectivity index (χ4n) is 6.63. The predicted octanol–water partition coefficient (Wildman–Crippen LogP) is 4.38. The van der Waals surface area contributed by atoms with E-state index in [2.05, 4.69) is 16.1 Å². The van der Waals surface area contributed by atoms with E-state index in [1.54, 1.807) is 53.7 Å². The first-order valence-electron chi connectivity index (χ1n) is 17.4. The van der Waals surface area contributed by atoms with Crippen LogP contribution in [-0.2, 0) is 41.8 Å². The summed E-state index contributed by atoms with van der Waals surface area (Å²) in [6, 6.07) is 2.53. The van der Waals surface area contributed by atoms with E-state index in [4.69, 9.17) is 14.3 Å². The van der Waals surface area contributed by atoms with Crippen molar-refractivity contribution in [3.8, 4) is 0 Å². The topological polar surface area (TPSA) is 156 Å². The molecule has 1 aromatic rings. The fraction of sp³-hybridized carbons (Fsp3) is 0.639. The average molecular weight is 700 g/mol. The molecule has 3 N–H and O–H groups in total. The van der Waals surface area contributed by atoms with Gasteiger partial charge in [-0.2, -0.15) is 0 Å². The number of hydrogen-bond donors (Lipinski definition) is 3. The quantitative estimate of drug-likeness (QED) is 0.309. The molecular weight excluding hydrogens is 649 g/mol. The van der Waals surface area contributed by atoms with Crippen LogP contribution >= 0.6 is 0 Å². The van der Waals surface area contributed by atoms with E-state index in [0.29, 0.717) is 30.4 Å². The summed E-state index contributed by atoms with van der Waals surface area (Å²) in [7, 11) is 0. The number of benzene rings is 1. The van der Waals surface area contributed by atoms with Gasteiger partial charge in [-0.05, 0) is 78.9 Å². The van der Waals surface area contributed by atoms with Crippen molar-refractivity contribution in [2.45, 2.75) is 135 Å². The summed E-state index contributed by atoms with van der Waals surface area (Å²) in [6.45, 7) is 10.6. The maximum atomic E-state index is 14.4. The number of allylic oxidation sites excluding steroid dienone is 1. The number of alkyl carbamates (subject to hydrolysis) is 1. The molecule has 50 heavy (non-hydrogen) atoms. The normalized spacial score (nSPS) is 27.2. The summed E-state index contributed by atoms with van der Waals surface area (Å²) in [5.41, 5.74) is 0.809. The molecule has 2 fully saturated rings. The second-order valence-corrected chi connectivity index (χ2v) is 15.7. The lowest BCUT2D eigenvalue weighted by Crippen LogP contribution is -2.58. The smallest absolute Gasteiger partial charge is 0.410 e. The molecule has 1 aliphatic carbocycles. The van der Waals surface area contributed by atoms with Gasteiger partial charge in [0.15, 0.2) is 0 Å². The summed E-state index contributed by atoms with van der Waals surface area (Å²) < 4.78 is 25.7. The molecule has 5 atom stereocenters. The number of ether oxygens (including phenoxy) is 2. The van der Waals surface area contributed by atoms with E-state index in [1.807, 2.05) is 12.2 Å². The van der Waals surface area contributed by atoms with E-state index in [1.165, 1.54) is 15.9 Å². The summed E-state index contributed by atoms with van der Waals surface area (Å²) in [5.74, 6) is -2.34. The summed E-state index contributed by atoms with van der Waals surface area (Å²) in [6.07, 6.45) is 5.13. The first kappa shape index (κ1) is 37.1. The minimum atomic E-state index is -1.30. The van der Waals surface area contributed by atoms with Crippen LogP contribution in [0.1, 0.15) is 97.6 Å². The van der Waals surface area contributed by atoms with Gasteiger partial charge in [0.2, 0.25) is 11.8 Å². The van der Waals surface area contributed by atoms with Crippen LogP contribution < -0.4 is 16.1 Å². The van der Waals surface area contributed by atoms with Crippen LogP contribution in [0.3, 0.4) is 0 Å². The Kier molecular flexibility index (Phi) is 10.8. The SMILES string of the molecule is CC(C)(C)ONC(=O)[C@@]12C[C@H]1C=CCCCCC[C@H](NC(=O)OC(C)(C)C)C(=O)N1C[C@H](OC(=O)N3Cc4cccc(F)c4C3)C[C@H]1C(=O)N2. The number of hydroxylamine groups is 1. The zero-order valence-corrected chi connectivity index (χ0v) is 29.8. The fourth-order valence-corrected chi connectivity index (χ4v) is 6.63. The number of nitrogens with one attached hydrogen (secondary N) is 3. The van der Waals surface area contributed by atoms with Crippen LogP contribution in [0.5, 0.6) is 0 Å². The van der Waals surface area contributed by atoms with E-state index in [9.17, 15) is 28.4 Å². The molecule has 1 aromatic carbocycles. The molecule has 274 valence electrons. The highest BCUT2D eigenvalue weighted by atomic mass is 19.1. The molecule has 3 heterocycles.